The molecule has 0 aliphatic heterocycles. The summed E-state index contributed by atoms with van der Waals surface area (Å²) >= 11 is 6.08. The molecule has 0 aromatic carbocycles. The predicted octanol–water partition coefficient (Wildman–Crippen LogP) is 4.78. The lowest BCUT2D eigenvalue weighted by atomic mass is 9.87. The van der Waals surface area contributed by atoms with Gasteiger partial charge in [-0.2, -0.15) is 18.3 Å². The van der Waals surface area contributed by atoms with Crippen LogP contribution in [0.5, 0.6) is 0 Å². The minimum atomic E-state index is -4.58. The molecule has 2 saturated carbocycles. The zero-order chi connectivity index (χ0) is 21.7. The molecule has 0 bridgehead atoms. The summed E-state index contributed by atoms with van der Waals surface area (Å²) in [5.41, 5.74) is -1.03. The summed E-state index contributed by atoms with van der Waals surface area (Å²) in [5, 5.41) is 10.4. The van der Waals surface area contributed by atoms with Crippen LogP contribution in [0.2, 0.25) is 0 Å². The van der Waals surface area contributed by atoms with Crippen LogP contribution in [0.4, 0.5) is 23.4 Å². The Hall–Kier alpha value is -1.84. The Labute approximate surface area is 177 Å². The number of aromatic nitrogens is 2. The van der Waals surface area contributed by atoms with E-state index in [2.05, 4.69) is 20.7 Å². The molecule has 11 heteroatoms. The van der Waals surface area contributed by atoms with Crippen molar-refractivity contribution in [1.29, 1.82) is 0 Å². The smallest absolute Gasteiger partial charge is 0.309 e. The maximum Gasteiger partial charge on any atom is 0.432 e. The quantitative estimate of drug-likeness (QED) is 0.266. The van der Waals surface area contributed by atoms with Crippen molar-refractivity contribution in [1.82, 2.24) is 15.5 Å². The molecule has 1 amide bonds. The highest BCUT2D eigenvalue weighted by molar-refractivity contribution is 6.20. The largest absolute Gasteiger partial charge is 0.432 e. The van der Waals surface area contributed by atoms with E-state index in [0.29, 0.717) is 12.8 Å². The number of guanidine groups is 1. The first kappa shape index (κ1) is 22.8. The van der Waals surface area contributed by atoms with Crippen LogP contribution in [0.15, 0.2) is 11.1 Å². The predicted molar refractivity (Wildman–Crippen MR) is 106 cm³/mol. The molecular weight excluding hydrogens is 426 g/mol. The number of rotatable bonds is 4. The van der Waals surface area contributed by atoms with Gasteiger partial charge in [0.05, 0.1) is 6.04 Å². The molecule has 3 rings (SSSR count). The van der Waals surface area contributed by atoms with Gasteiger partial charge in [-0.15, -0.1) is 11.6 Å². The molecule has 3 unspecified atom stereocenters. The van der Waals surface area contributed by atoms with Crippen molar-refractivity contribution in [2.75, 3.05) is 5.32 Å². The average Bonchev–Trinajstić information content (AvgIpc) is 3.10. The Morgan fingerprint density at radius 2 is 1.97 bits per heavy atom. The van der Waals surface area contributed by atoms with Crippen LogP contribution in [-0.2, 0) is 11.0 Å². The van der Waals surface area contributed by atoms with Crippen molar-refractivity contribution in [3.8, 4) is 0 Å². The maximum absolute atomic E-state index is 13.9. The van der Waals surface area contributed by atoms with E-state index >= 15 is 0 Å². The summed E-state index contributed by atoms with van der Waals surface area (Å²) in [6, 6.07) is 0.293. The molecule has 0 saturated heterocycles. The highest BCUT2D eigenvalue weighted by Crippen LogP contribution is 2.30. The summed E-state index contributed by atoms with van der Waals surface area (Å²) in [4.78, 5) is 16.9. The summed E-state index contributed by atoms with van der Waals surface area (Å²) in [6.45, 7) is 0. The Kier molecular flexibility index (Phi) is 7.60. The molecule has 1 aromatic heterocycles. The average molecular weight is 452 g/mol. The second-order valence-electron chi connectivity index (χ2n) is 8.08. The summed E-state index contributed by atoms with van der Waals surface area (Å²) in [7, 11) is 0. The number of carbonyl (C=O) groups excluding carboxylic acids is 1. The Morgan fingerprint density at radius 1 is 1.23 bits per heavy atom. The van der Waals surface area contributed by atoms with Crippen LogP contribution in [0.25, 0.3) is 0 Å². The first-order valence-corrected chi connectivity index (χ1v) is 10.7. The molecule has 30 heavy (non-hydrogen) atoms. The number of hydrogen-bond acceptors (Lipinski definition) is 3. The van der Waals surface area contributed by atoms with E-state index in [0.717, 1.165) is 31.7 Å². The lowest BCUT2D eigenvalue weighted by molar-refractivity contribution is -0.141. The molecule has 3 atom stereocenters. The number of aromatic amines is 1. The van der Waals surface area contributed by atoms with E-state index < -0.39 is 24.1 Å². The highest BCUT2D eigenvalue weighted by atomic mass is 35.5. The number of nitrogens with zero attached hydrogens (tertiary/aromatic N) is 2. The topological polar surface area (TPSA) is 82.2 Å². The first-order valence-electron chi connectivity index (χ1n) is 10.2. The number of anilines is 1. The number of amides is 1. The Bertz CT molecular complexity index is 738. The van der Waals surface area contributed by atoms with Gasteiger partial charge >= 0.3 is 6.18 Å². The molecular formula is C19H26ClF4N5O. The number of alkyl halides is 5. The minimum absolute atomic E-state index is 0.0426. The fourth-order valence-corrected chi connectivity index (χ4v) is 4.43. The fraction of sp³-hybridized carbons (Fsp3) is 0.737. The number of carbonyl (C=O) groups is 1. The molecule has 1 heterocycles. The molecule has 2 fully saturated rings. The number of halogens is 5. The van der Waals surface area contributed by atoms with E-state index in [4.69, 9.17) is 11.6 Å². The normalized spacial score (nSPS) is 26.4. The zero-order valence-electron chi connectivity index (χ0n) is 16.4. The third-order valence-corrected chi connectivity index (χ3v) is 5.82. The van der Waals surface area contributed by atoms with Crippen LogP contribution in [-0.4, -0.2) is 39.7 Å². The molecule has 3 N–H and O–H groups in total. The van der Waals surface area contributed by atoms with Gasteiger partial charge in [-0.3, -0.25) is 15.2 Å². The third kappa shape index (κ3) is 6.85. The minimum Gasteiger partial charge on any atom is -0.309 e. The molecule has 168 valence electrons. The summed E-state index contributed by atoms with van der Waals surface area (Å²) in [5.74, 6) is -0.192. The van der Waals surface area contributed by atoms with Gasteiger partial charge in [0.15, 0.2) is 5.82 Å². The Morgan fingerprint density at radius 3 is 2.60 bits per heavy atom. The van der Waals surface area contributed by atoms with Crippen molar-refractivity contribution >= 4 is 29.3 Å². The van der Waals surface area contributed by atoms with E-state index in [-0.39, 0.29) is 41.8 Å². The van der Waals surface area contributed by atoms with Crippen molar-refractivity contribution in [2.45, 2.75) is 81.6 Å². The lowest BCUT2D eigenvalue weighted by Crippen LogP contribution is -2.39. The van der Waals surface area contributed by atoms with Crippen molar-refractivity contribution < 1.29 is 22.4 Å². The summed E-state index contributed by atoms with van der Waals surface area (Å²) in [6.07, 6.45) is 0.691. The molecule has 2 aliphatic carbocycles. The number of aliphatic imine (C=N–C) groups is 1. The second-order valence-corrected chi connectivity index (χ2v) is 8.70. The van der Waals surface area contributed by atoms with E-state index in [1.807, 2.05) is 5.10 Å². The fourth-order valence-electron chi connectivity index (χ4n) is 4.03. The van der Waals surface area contributed by atoms with Crippen molar-refractivity contribution in [3.05, 3.63) is 11.8 Å². The van der Waals surface area contributed by atoms with Crippen LogP contribution >= 0.6 is 11.6 Å². The van der Waals surface area contributed by atoms with Gasteiger partial charge in [-0.1, -0.05) is 19.3 Å². The van der Waals surface area contributed by atoms with E-state index in [1.165, 1.54) is 6.42 Å². The van der Waals surface area contributed by atoms with Gasteiger partial charge < -0.3 is 5.32 Å². The second kappa shape index (κ2) is 9.98. The number of H-pyrrole nitrogens is 1. The maximum atomic E-state index is 13.9. The SMILES string of the molecule is O=C(CC1CCCCC1)NC(=NC1CC(F)CC(Cl)C1)Nc1cc(C(F)(F)F)[nH]n1. The molecule has 0 spiro atoms. The molecule has 0 radical (unpaired) electrons. The van der Waals surface area contributed by atoms with Gasteiger partial charge in [-0.25, -0.2) is 9.38 Å². The van der Waals surface area contributed by atoms with Gasteiger partial charge in [0.2, 0.25) is 11.9 Å². The van der Waals surface area contributed by atoms with Gasteiger partial charge in [-0.05, 0) is 31.6 Å². The van der Waals surface area contributed by atoms with E-state index in [9.17, 15) is 22.4 Å². The van der Waals surface area contributed by atoms with Crippen molar-refractivity contribution in [3.63, 3.8) is 0 Å². The molecule has 2 aliphatic rings. The number of hydrogen-bond donors (Lipinski definition) is 3. The molecule has 1 aromatic rings. The van der Waals surface area contributed by atoms with Crippen LogP contribution < -0.4 is 10.6 Å². The highest BCUT2D eigenvalue weighted by Gasteiger charge is 2.33. The first-order chi connectivity index (χ1) is 14.2. The van der Waals surface area contributed by atoms with Gasteiger partial charge in [0.1, 0.15) is 11.9 Å². The van der Waals surface area contributed by atoms with Gasteiger partial charge in [0.25, 0.3) is 0 Å². The monoisotopic (exact) mass is 451 g/mol. The molecule has 6 nitrogen and oxygen atoms in total. The van der Waals surface area contributed by atoms with Crippen molar-refractivity contribution in [2.24, 2.45) is 10.9 Å². The van der Waals surface area contributed by atoms with E-state index in [1.54, 1.807) is 0 Å². The van der Waals surface area contributed by atoms with Gasteiger partial charge in [0, 0.05) is 24.3 Å². The standard InChI is InChI=1S/C19H26ClF4N5O/c20-12-7-13(21)9-14(8-12)25-18(26-16-10-15(28-29-16)19(22,23)24)27-17(30)6-11-4-2-1-3-5-11/h10-14H,1-9H2,(H3,25,26,27,28,29,30). The lowest BCUT2D eigenvalue weighted by Gasteiger charge is -2.26. The summed E-state index contributed by atoms with van der Waals surface area (Å²) < 4.78 is 52.3. The van der Waals surface area contributed by atoms with Crippen LogP contribution in [0, 0.1) is 5.92 Å². The Balaban J connectivity index is 1.71. The van der Waals surface area contributed by atoms with Crippen LogP contribution in [0.1, 0.15) is 63.5 Å². The van der Waals surface area contributed by atoms with Crippen LogP contribution in [0.3, 0.4) is 0 Å². The third-order valence-electron chi connectivity index (χ3n) is 5.47. The zero-order valence-corrected chi connectivity index (χ0v) is 17.2. The number of nitrogens with one attached hydrogen (secondary N) is 3.